The third-order valence-corrected chi connectivity index (χ3v) is 4.88. The molecule has 0 aliphatic carbocycles. The molecule has 0 aromatic heterocycles. The highest BCUT2D eigenvalue weighted by molar-refractivity contribution is 6.42. The van der Waals surface area contributed by atoms with Crippen molar-refractivity contribution in [2.45, 2.75) is 18.7 Å². The molecule has 0 spiro atoms. The zero-order valence-electron chi connectivity index (χ0n) is 12.4. The molecule has 1 aliphatic heterocycles. The zero-order valence-corrected chi connectivity index (χ0v) is 13.9. The van der Waals surface area contributed by atoms with Crippen LogP contribution >= 0.6 is 23.2 Å². The Bertz CT molecular complexity index is 765. The van der Waals surface area contributed by atoms with Crippen molar-refractivity contribution in [2.24, 2.45) is 0 Å². The Labute approximate surface area is 144 Å². The molecule has 1 heterocycles. The van der Waals surface area contributed by atoms with Crippen LogP contribution in [0.15, 0.2) is 42.5 Å². The molecular formula is C17H15Cl2NO3. The molecule has 1 atom stereocenters. The van der Waals surface area contributed by atoms with E-state index in [2.05, 4.69) is 0 Å². The monoisotopic (exact) mass is 351 g/mol. The normalized spacial score (nSPS) is 19.7. The van der Waals surface area contributed by atoms with Gasteiger partial charge in [0.2, 0.25) is 5.72 Å². The Balaban J connectivity index is 2.04. The molecular weight excluding hydrogens is 337 g/mol. The summed E-state index contributed by atoms with van der Waals surface area (Å²) in [6, 6.07) is 12.9. The van der Waals surface area contributed by atoms with Crippen molar-refractivity contribution in [3.8, 4) is 0 Å². The van der Waals surface area contributed by atoms with Gasteiger partial charge in [-0.05, 0) is 29.3 Å². The van der Waals surface area contributed by atoms with Crippen LogP contribution in [0.2, 0.25) is 10.0 Å². The number of nitrogens with zero attached hydrogens (tertiary/aromatic N) is 1. The predicted octanol–water partition coefficient (Wildman–Crippen LogP) is 3.98. The molecule has 0 saturated heterocycles. The van der Waals surface area contributed by atoms with Gasteiger partial charge in [-0.25, -0.2) is 4.79 Å². The van der Waals surface area contributed by atoms with Crippen molar-refractivity contribution in [3.63, 3.8) is 0 Å². The fourth-order valence-corrected chi connectivity index (χ4v) is 3.29. The molecule has 2 aromatic carbocycles. The molecule has 1 N–H and O–H groups in total. The first-order valence-electron chi connectivity index (χ1n) is 7.06. The minimum Gasteiger partial charge on any atom is -0.478 e. The van der Waals surface area contributed by atoms with E-state index in [9.17, 15) is 9.90 Å². The second-order valence-electron chi connectivity index (χ2n) is 5.43. The summed E-state index contributed by atoms with van der Waals surface area (Å²) < 4.78 is 5.45. The van der Waals surface area contributed by atoms with Gasteiger partial charge in [-0.3, -0.25) is 0 Å². The number of anilines is 1. The van der Waals surface area contributed by atoms with Gasteiger partial charge in [-0.2, -0.15) is 0 Å². The number of carboxylic acid groups (broad SMARTS) is 1. The number of benzene rings is 2. The number of para-hydroxylation sites is 1. The highest BCUT2D eigenvalue weighted by Crippen LogP contribution is 2.41. The van der Waals surface area contributed by atoms with E-state index < -0.39 is 11.7 Å². The second-order valence-corrected chi connectivity index (χ2v) is 6.25. The minimum absolute atomic E-state index is 0.288. The lowest BCUT2D eigenvalue weighted by Gasteiger charge is -2.35. The average molecular weight is 352 g/mol. The van der Waals surface area contributed by atoms with Gasteiger partial charge in [0, 0.05) is 25.8 Å². The van der Waals surface area contributed by atoms with Gasteiger partial charge in [0.05, 0.1) is 10.0 Å². The summed E-state index contributed by atoms with van der Waals surface area (Å²) in [5.74, 6) is -1.02. The Morgan fingerprint density at radius 2 is 2.00 bits per heavy atom. The maximum absolute atomic E-state index is 11.9. The lowest BCUT2D eigenvalue weighted by atomic mass is 10.1. The molecule has 0 amide bonds. The molecule has 2 aromatic rings. The summed E-state index contributed by atoms with van der Waals surface area (Å²) in [6.07, 6.45) is 0.288. The molecule has 6 heteroatoms. The molecule has 3 rings (SSSR count). The molecule has 120 valence electrons. The number of hydrogen-bond acceptors (Lipinski definition) is 3. The van der Waals surface area contributed by atoms with E-state index in [1.165, 1.54) is 7.11 Å². The Morgan fingerprint density at radius 1 is 1.26 bits per heavy atom. The number of carboxylic acids is 1. The summed E-state index contributed by atoms with van der Waals surface area (Å²) >= 11 is 12.0. The van der Waals surface area contributed by atoms with Crippen LogP contribution < -0.4 is 4.90 Å². The summed E-state index contributed by atoms with van der Waals surface area (Å²) in [5.41, 5.74) is 1.23. The number of ether oxygens (including phenoxy) is 1. The summed E-state index contributed by atoms with van der Waals surface area (Å²) in [5, 5.41) is 10.7. The first-order chi connectivity index (χ1) is 11.0. The minimum atomic E-state index is -1.42. The number of carbonyl (C=O) groups is 1. The van der Waals surface area contributed by atoms with Crippen LogP contribution in [-0.2, 0) is 22.5 Å². The number of aliphatic carboxylic acids is 1. The smallest absolute Gasteiger partial charge is 0.357 e. The van der Waals surface area contributed by atoms with Crippen molar-refractivity contribution < 1.29 is 14.6 Å². The molecule has 0 saturated carbocycles. The van der Waals surface area contributed by atoms with Crippen LogP contribution in [0.4, 0.5) is 5.69 Å². The van der Waals surface area contributed by atoms with Crippen LogP contribution in [0.1, 0.15) is 11.1 Å². The van der Waals surface area contributed by atoms with Crippen LogP contribution in [0, 0.1) is 0 Å². The van der Waals surface area contributed by atoms with E-state index >= 15 is 0 Å². The largest absolute Gasteiger partial charge is 0.478 e. The van der Waals surface area contributed by atoms with Crippen LogP contribution in [-0.4, -0.2) is 23.9 Å². The van der Waals surface area contributed by atoms with Crippen LogP contribution in [0.25, 0.3) is 0 Å². The molecule has 1 unspecified atom stereocenters. The Morgan fingerprint density at radius 3 is 2.65 bits per heavy atom. The maximum atomic E-state index is 11.9. The molecule has 0 radical (unpaired) electrons. The lowest BCUT2D eigenvalue weighted by molar-refractivity contribution is -0.161. The van der Waals surface area contributed by atoms with Gasteiger partial charge in [-0.15, -0.1) is 0 Å². The van der Waals surface area contributed by atoms with Crippen LogP contribution in [0.5, 0.6) is 0 Å². The van der Waals surface area contributed by atoms with Crippen molar-refractivity contribution in [2.75, 3.05) is 12.0 Å². The summed E-state index contributed by atoms with van der Waals surface area (Å²) in [4.78, 5) is 13.7. The van der Waals surface area contributed by atoms with E-state index in [4.69, 9.17) is 27.9 Å². The summed E-state index contributed by atoms with van der Waals surface area (Å²) in [7, 11) is 1.42. The number of methoxy groups -OCH3 is 1. The molecule has 1 aliphatic rings. The topological polar surface area (TPSA) is 49.8 Å². The highest BCUT2D eigenvalue weighted by Gasteiger charge is 2.50. The number of halogens is 2. The van der Waals surface area contributed by atoms with Gasteiger partial charge in [0.25, 0.3) is 0 Å². The van der Waals surface area contributed by atoms with Crippen molar-refractivity contribution in [1.29, 1.82) is 0 Å². The van der Waals surface area contributed by atoms with E-state index in [0.717, 1.165) is 16.8 Å². The first-order valence-corrected chi connectivity index (χ1v) is 7.81. The number of rotatable bonds is 4. The van der Waals surface area contributed by atoms with E-state index in [1.54, 1.807) is 17.0 Å². The zero-order chi connectivity index (χ0) is 16.6. The van der Waals surface area contributed by atoms with Crippen LogP contribution in [0.3, 0.4) is 0 Å². The second kappa shape index (κ2) is 6.04. The predicted molar refractivity (Wildman–Crippen MR) is 90.2 cm³/mol. The van der Waals surface area contributed by atoms with Gasteiger partial charge in [0.1, 0.15) is 0 Å². The fraction of sp³-hybridized carbons (Fsp3) is 0.235. The third-order valence-electron chi connectivity index (χ3n) is 4.15. The number of fused-ring (bicyclic) bond motifs is 1. The van der Waals surface area contributed by atoms with Crippen molar-refractivity contribution in [1.82, 2.24) is 0 Å². The number of hydrogen-bond donors (Lipinski definition) is 1. The third kappa shape index (κ3) is 2.67. The Hall–Kier alpha value is -1.75. The first kappa shape index (κ1) is 16.1. The lowest BCUT2D eigenvalue weighted by Crippen LogP contribution is -2.54. The average Bonchev–Trinajstić information content (AvgIpc) is 2.86. The SMILES string of the molecule is COC1(C(=O)O)Cc2ccccc2N1Cc1ccc(Cl)c(Cl)c1. The summed E-state index contributed by atoms with van der Waals surface area (Å²) in [6.45, 7) is 0.355. The Kier molecular flexibility index (Phi) is 4.23. The highest BCUT2D eigenvalue weighted by atomic mass is 35.5. The maximum Gasteiger partial charge on any atom is 0.357 e. The van der Waals surface area contributed by atoms with E-state index in [-0.39, 0.29) is 6.42 Å². The fourth-order valence-electron chi connectivity index (χ4n) is 2.97. The molecule has 23 heavy (non-hydrogen) atoms. The standard InChI is InChI=1S/C17H15Cl2NO3/c1-23-17(16(21)22)9-12-4-2-3-5-15(12)20(17)10-11-6-7-13(18)14(19)8-11/h2-8H,9-10H2,1H3,(H,21,22). The van der Waals surface area contributed by atoms with Crippen molar-refractivity contribution in [3.05, 3.63) is 63.6 Å². The molecule has 0 bridgehead atoms. The quantitative estimate of drug-likeness (QED) is 0.904. The van der Waals surface area contributed by atoms with Gasteiger partial charge < -0.3 is 14.7 Å². The van der Waals surface area contributed by atoms with Gasteiger partial charge in [-0.1, -0.05) is 47.5 Å². The van der Waals surface area contributed by atoms with Crippen molar-refractivity contribution >= 4 is 34.9 Å². The molecule has 4 nitrogen and oxygen atoms in total. The van der Waals surface area contributed by atoms with Gasteiger partial charge in [0.15, 0.2) is 0 Å². The molecule has 0 fully saturated rings. The van der Waals surface area contributed by atoms with E-state index in [0.29, 0.717) is 16.6 Å². The van der Waals surface area contributed by atoms with E-state index in [1.807, 2.05) is 30.3 Å². The van der Waals surface area contributed by atoms with Gasteiger partial charge >= 0.3 is 5.97 Å².